The minimum atomic E-state index is -0.823. The number of fused-ring (bicyclic) bond motifs is 1. The molecule has 3 rings (SSSR count). The summed E-state index contributed by atoms with van der Waals surface area (Å²) in [6, 6.07) is 7.12. The largest absolute Gasteiger partial charge is 0.497 e. The number of nitrogens with two attached hydrogens (primary N) is 1. The van der Waals surface area contributed by atoms with Crippen LogP contribution in [0.2, 0.25) is 20.4 Å². The van der Waals surface area contributed by atoms with Crippen LogP contribution in [-0.2, 0) is 11.3 Å². The summed E-state index contributed by atoms with van der Waals surface area (Å²) in [4.78, 5) is 20.4. The molecule has 1 aromatic carbocycles. The summed E-state index contributed by atoms with van der Waals surface area (Å²) >= 11 is 23.9. The van der Waals surface area contributed by atoms with Gasteiger partial charge in [0.1, 0.15) is 22.5 Å². The number of anilines is 1. The molecule has 0 amide bonds. The number of hydrogen-bond donors (Lipinski definition) is 1. The molecular weight excluding hydrogens is 436 g/mol. The van der Waals surface area contributed by atoms with Crippen molar-refractivity contribution in [3.05, 3.63) is 55.9 Å². The zero-order valence-corrected chi connectivity index (χ0v) is 16.7. The summed E-state index contributed by atoms with van der Waals surface area (Å²) in [6.07, 6.45) is 0. The highest BCUT2D eigenvalue weighted by atomic mass is 35.5. The van der Waals surface area contributed by atoms with Crippen molar-refractivity contribution in [1.29, 1.82) is 0 Å². The molecule has 3 aromatic rings. The SMILES string of the molecule is COc1ccc2cc(COC(=O)c3nc(Cl)c(Cl)c(N)c3Cl)c(Cl)nc2c1. The number of carbonyl (C=O) groups is 1. The van der Waals surface area contributed by atoms with Gasteiger partial charge in [0, 0.05) is 17.0 Å². The van der Waals surface area contributed by atoms with E-state index in [9.17, 15) is 4.79 Å². The maximum Gasteiger partial charge on any atom is 0.358 e. The van der Waals surface area contributed by atoms with E-state index < -0.39 is 5.97 Å². The highest BCUT2D eigenvalue weighted by Gasteiger charge is 2.21. The monoisotopic (exact) mass is 445 g/mol. The molecule has 0 radical (unpaired) electrons. The number of carbonyl (C=O) groups excluding carboxylic acids is 1. The molecular formula is C17H11Cl4N3O3. The maximum atomic E-state index is 12.3. The van der Waals surface area contributed by atoms with Crippen molar-refractivity contribution in [3.63, 3.8) is 0 Å². The van der Waals surface area contributed by atoms with Gasteiger partial charge in [0.15, 0.2) is 10.8 Å². The van der Waals surface area contributed by atoms with Gasteiger partial charge in [-0.15, -0.1) is 0 Å². The fraction of sp³-hybridized carbons (Fsp3) is 0.118. The normalized spacial score (nSPS) is 10.9. The first-order chi connectivity index (χ1) is 12.8. The Morgan fingerprint density at radius 3 is 2.52 bits per heavy atom. The van der Waals surface area contributed by atoms with Crippen LogP contribution in [0.25, 0.3) is 10.9 Å². The third kappa shape index (κ3) is 3.99. The number of hydrogen-bond acceptors (Lipinski definition) is 6. The number of rotatable bonds is 4. The zero-order chi connectivity index (χ0) is 19.7. The fourth-order valence-electron chi connectivity index (χ4n) is 2.27. The number of aromatic nitrogens is 2. The van der Waals surface area contributed by atoms with Crippen molar-refractivity contribution in [2.75, 3.05) is 12.8 Å². The van der Waals surface area contributed by atoms with Gasteiger partial charge in [-0.25, -0.2) is 14.8 Å². The number of nitrogens with zero attached hydrogens (tertiary/aromatic N) is 2. The van der Waals surface area contributed by atoms with E-state index in [4.69, 9.17) is 61.6 Å². The van der Waals surface area contributed by atoms with Crippen LogP contribution in [-0.4, -0.2) is 23.0 Å². The second-order valence-corrected chi connectivity index (χ2v) is 6.84. The van der Waals surface area contributed by atoms with Crippen molar-refractivity contribution in [1.82, 2.24) is 9.97 Å². The lowest BCUT2D eigenvalue weighted by Crippen LogP contribution is -2.10. The summed E-state index contributed by atoms with van der Waals surface area (Å²) in [6.45, 7) is -0.148. The van der Waals surface area contributed by atoms with Crippen molar-refractivity contribution < 1.29 is 14.3 Å². The predicted molar refractivity (Wildman–Crippen MR) is 106 cm³/mol. The van der Waals surface area contributed by atoms with E-state index in [-0.39, 0.29) is 38.3 Å². The fourth-order valence-corrected chi connectivity index (χ4v) is 3.06. The van der Waals surface area contributed by atoms with Crippen LogP contribution in [0.1, 0.15) is 16.1 Å². The quantitative estimate of drug-likeness (QED) is 0.438. The maximum absolute atomic E-state index is 12.3. The molecule has 10 heteroatoms. The van der Waals surface area contributed by atoms with Crippen molar-refractivity contribution in [3.8, 4) is 5.75 Å². The molecule has 0 unspecified atom stereocenters. The second-order valence-electron chi connectivity index (χ2n) is 5.37. The van der Waals surface area contributed by atoms with Crippen LogP contribution in [0.15, 0.2) is 24.3 Å². The van der Waals surface area contributed by atoms with Crippen molar-refractivity contribution in [2.45, 2.75) is 6.61 Å². The Hall–Kier alpha value is -1.99. The average Bonchev–Trinajstić information content (AvgIpc) is 2.66. The Labute approximate surface area is 174 Å². The van der Waals surface area contributed by atoms with Gasteiger partial charge in [-0.1, -0.05) is 46.4 Å². The van der Waals surface area contributed by atoms with Gasteiger partial charge in [-0.05, 0) is 18.2 Å². The second kappa shape index (κ2) is 7.94. The number of methoxy groups -OCH3 is 1. The molecule has 140 valence electrons. The number of nitrogen functional groups attached to an aromatic ring is 1. The van der Waals surface area contributed by atoms with E-state index >= 15 is 0 Å². The van der Waals surface area contributed by atoms with Gasteiger partial charge in [-0.3, -0.25) is 0 Å². The van der Waals surface area contributed by atoms with E-state index in [2.05, 4.69) is 9.97 Å². The molecule has 0 atom stereocenters. The molecule has 6 nitrogen and oxygen atoms in total. The molecule has 0 saturated carbocycles. The van der Waals surface area contributed by atoms with Gasteiger partial charge < -0.3 is 15.2 Å². The topological polar surface area (TPSA) is 87.3 Å². The number of benzene rings is 1. The van der Waals surface area contributed by atoms with E-state index in [0.29, 0.717) is 16.8 Å². The lowest BCUT2D eigenvalue weighted by atomic mass is 10.1. The number of halogens is 4. The van der Waals surface area contributed by atoms with Crippen LogP contribution in [0, 0.1) is 0 Å². The van der Waals surface area contributed by atoms with Gasteiger partial charge in [0.25, 0.3) is 0 Å². The molecule has 0 aliphatic carbocycles. The standard InChI is InChI=1S/C17H11Cl4N3O3/c1-26-9-3-2-7-4-8(15(20)23-10(7)5-9)6-27-17(25)14-11(18)13(22)12(19)16(21)24-14/h2-5H,6H2,1H3,(H2,22,24). The summed E-state index contributed by atoms with van der Waals surface area (Å²) in [7, 11) is 1.56. The number of esters is 1. The van der Waals surface area contributed by atoms with Crippen LogP contribution in [0.5, 0.6) is 5.75 Å². The third-order valence-corrected chi connectivity index (χ3v) is 5.14. The minimum Gasteiger partial charge on any atom is -0.497 e. The molecule has 2 N–H and O–H groups in total. The summed E-state index contributed by atoms with van der Waals surface area (Å²) in [5.74, 6) is -0.167. The minimum absolute atomic E-state index is 0.0320. The Kier molecular flexibility index (Phi) is 5.81. The van der Waals surface area contributed by atoms with Gasteiger partial charge >= 0.3 is 5.97 Å². The number of pyridine rings is 2. The molecule has 2 aromatic heterocycles. The predicted octanol–water partition coefficient (Wildman–Crippen LogP) is 5.19. The first kappa shape index (κ1) is 19.8. The zero-order valence-electron chi connectivity index (χ0n) is 13.7. The first-order valence-corrected chi connectivity index (χ1v) is 8.93. The van der Waals surface area contributed by atoms with E-state index in [1.54, 1.807) is 25.3 Å². The lowest BCUT2D eigenvalue weighted by Gasteiger charge is -2.10. The molecule has 2 heterocycles. The van der Waals surface area contributed by atoms with Gasteiger partial charge in [0.05, 0.1) is 23.3 Å². The van der Waals surface area contributed by atoms with E-state index in [0.717, 1.165) is 5.39 Å². The third-order valence-electron chi connectivity index (χ3n) is 3.67. The highest BCUT2D eigenvalue weighted by Crippen LogP contribution is 2.34. The Balaban J connectivity index is 1.84. The van der Waals surface area contributed by atoms with Gasteiger partial charge in [-0.2, -0.15) is 0 Å². The summed E-state index contributed by atoms with van der Waals surface area (Å²) in [5, 5.41) is 0.682. The summed E-state index contributed by atoms with van der Waals surface area (Å²) < 4.78 is 10.4. The molecule has 0 aliphatic rings. The smallest absolute Gasteiger partial charge is 0.358 e. The Morgan fingerprint density at radius 1 is 1.07 bits per heavy atom. The Morgan fingerprint density at radius 2 is 1.81 bits per heavy atom. The van der Waals surface area contributed by atoms with Crippen molar-refractivity contribution >= 4 is 69.0 Å². The Bertz CT molecular complexity index is 1060. The van der Waals surface area contributed by atoms with Crippen LogP contribution >= 0.6 is 46.4 Å². The van der Waals surface area contributed by atoms with Crippen LogP contribution < -0.4 is 10.5 Å². The highest BCUT2D eigenvalue weighted by molar-refractivity contribution is 6.46. The molecule has 0 spiro atoms. The van der Waals surface area contributed by atoms with Gasteiger partial charge in [0.2, 0.25) is 0 Å². The molecule has 0 bridgehead atoms. The number of ether oxygens (including phenoxy) is 2. The molecule has 27 heavy (non-hydrogen) atoms. The van der Waals surface area contributed by atoms with Crippen molar-refractivity contribution in [2.24, 2.45) is 0 Å². The average molecular weight is 447 g/mol. The van der Waals surface area contributed by atoms with Crippen LogP contribution in [0.3, 0.4) is 0 Å². The van der Waals surface area contributed by atoms with Crippen LogP contribution in [0.4, 0.5) is 5.69 Å². The molecule has 0 fully saturated rings. The van der Waals surface area contributed by atoms with E-state index in [1.807, 2.05) is 6.07 Å². The van der Waals surface area contributed by atoms with E-state index in [1.165, 1.54) is 0 Å². The first-order valence-electron chi connectivity index (χ1n) is 7.42. The molecule has 0 aliphatic heterocycles. The summed E-state index contributed by atoms with van der Waals surface area (Å²) in [5.41, 5.74) is 6.57. The lowest BCUT2D eigenvalue weighted by molar-refractivity contribution is 0.0466. The molecule has 0 saturated heterocycles.